The van der Waals surface area contributed by atoms with Gasteiger partial charge in [-0.1, -0.05) is 0 Å². The number of alkyl halides is 4. The summed E-state index contributed by atoms with van der Waals surface area (Å²) < 4.78 is 46.9. The largest absolute Gasteiger partial charge is 0.449 e. The zero-order chi connectivity index (χ0) is 8.48. The van der Waals surface area contributed by atoms with Crippen molar-refractivity contribution in [1.29, 1.82) is 0 Å². The van der Waals surface area contributed by atoms with E-state index in [1.54, 1.807) is 4.98 Å². The van der Waals surface area contributed by atoms with E-state index >= 15 is 0 Å². The minimum absolute atomic E-state index is 0.169. The van der Waals surface area contributed by atoms with Crippen LogP contribution in [0.1, 0.15) is 11.5 Å². The lowest BCUT2D eigenvalue weighted by atomic mass is 10.5. The van der Waals surface area contributed by atoms with Crippen molar-refractivity contribution < 1.29 is 17.6 Å². The number of nitrogens with zero attached hydrogens (tertiary/aromatic N) is 1. The van der Waals surface area contributed by atoms with Gasteiger partial charge in [-0.25, -0.2) is 9.37 Å². The molecule has 0 amide bonds. The van der Waals surface area contributed by atoms with Crippen LogP contribution in [0.15, 0.2) is 6.20 Å². The van der Waals surface area contributed by atoms with E-state index in [0.29, 0.717) is 0 Å². The van der Waals surface area contributed by atoms with Gasteiger partial charge in [-0.05, 0) is 0 Å². The average Bonchev–Trinajstić information content (AvgIpc) is 2.32. The predicted octanol–water partition coefficient (Wildman–Crippen LogP) is 1.90. The molecule has 0 aliphatic heterocycles. The summed E-state index contributed by atoms with van der Waals surface area (Å²) in [4.78, 5) is 4.73. The molecular formula is C5H4F4N2. The summed E-state index contributed by atoms with van der Waals surface area (Å²) in [7, 11) is 0. The molecular weight excluding hydrogens is 164 g/mol. The van der Waals surface area contributed by atoms with Gasteiger partial charge in [-0.3, -0.25) is 0 Å². The lowest BCUT2D eigenvalue weighted by Crippen LogP contribution is -2.07. The predicted molar refractivity (Wildman–Crippen MR) is 28.4 cm³/mol. The standard InChI is InChI=1S/C5H4F4N2/c6-1-3-2-10-4(11-3)5(7,8)9/h2H,1H2,(H,10,11). The quantitative estimate of drug-likeness (QED) is 0.637. The highest BCUT2D eigenvalue weighted by Gasteiger charge is 2.34. The highest BCUT2D eigenvalue weighted by molar-refractivity contribution is 5.02. The van der Waals surface area contributed by atoms with Crippen molar-refractivity contribution >= 4 is 0 Å². The first-order valence-electron chi connectivity index (χ1n) is 2.71. The number of aromatic nitrogens is 2. The maximum Gasteiger partial charge on any atom is 0.449 e. The minimum atomic E-state index is -4.52. The summed E-state index contributed by atoms with van der Waals surface area (Å²) in [5.41, 5.74) is -0.169. The maximum absolute atomic E-state index is 11.7. The van der Waals surface area contributed by atoms with Crippen LogP contribution >= 0.6 is 0 Å². The molecule has 0 atom stereocenters. The molecule has 0 aliphatic rings. The Balaban J connectivity index is 2.89. The number of nitrogens with one attached hydrogen (secondary N) is 1. The molecule has 0 fully saturated rings. The third-order valence-electron chi connectivity index (χ3n) is 1.04. The minimum Gasteiger partial charge on any atom is -0.336 e. The summed E-state index contributed by atoms with van der Waals surface area (Å²) in [6.45, 7) is -0.969. The van der Waals surface area contributed by atoms with Gasteiger partial charge in [0.15, 0.2) is 0 Å². The molecule has 1 heterocycles. The normalized spacial score (nSPS) is 12.0. The molecule has 0 aliphatic carbocycles. The summed E-state index contributed by atoms with van der Waals surface area (Å²) in [5.74, 6) is -1.16. The van der Waals surface area contributed by atoms with Crippen molar-refractivity contribution in [2.45, 2.75) is 12.9 Å². The van der Waals surface area contributed by atoms with E-state index in [-0.39, 0.29) is 5.69 Å². The van der Waals surface area contributed by atoms with Crippen molar-refractivity contribution in [3.63, 3.8) is 0 Å². The van der Waals surface area contributed by atoms with Gasteiger partial charge in [0.1, 0.15) is 6.67 Å². The van der Waals surface area contributed by atoms with Crippen LogP contribution in [0.2, 0.25) is 0 Å². The first kappa shape index (κ1) is 8.03. The van der Waals surface area contributed by atoms with E-state index in [4.69, 9.17) is 0 Å². The van der Waals surface area contributed by atoms with Crippen LogP contribution in [0.5, 0.6) is 0 Å². The van der Waals surface area contributed by atoms with Gasteiger partial charge in [0, 0.05) is 0 Å². The van der Waals surface area contributed by atoms with Crippen molar-refractivity contribution in [2.24, 2.45) is 0 Å². The van der Waals surface area contributed by atoms with E-state index < -0.39 is 18.7 Å². The van der Waals surface area contributed by atoms with Gasteiger partial charge >= 0.3 is 6.18 Å². The molecule has 0 saturated heterocycles. The summed E-state index contributed by atoms with van der Waals surface area (Å²) >= 11 is 0. The number of hydrogen-bond acceptors (Lipinski definition) is 1. The Kier molecular flexibility index (Phi) is 1.84. The van der Waals surface area contributed by atoms with Crippen LogP contribution in [0, 0.1) is 0 Å². The summed E-state index contributed by atoms with van der Waals surface area (Å²) in [6.07, 6.45) is -3.70. The Bertz CT molecular complexity index is 239. The second-order valence-corrected chi connectivity index (χ2v) is 1.89. The van der Waals surface area contributed by atoms with E-state index in [2.05, 4.69) is 4.98 Å². The highest BCUT2D eigenvalue weighted by atomic mass is 19.4. The first-order chi connectivity index (χ1) is 5.04. The SMILES string of the molecule is FCc1cnc(C(F)(F)F)[nH]1. The highest BCUT2D eigenvalue weighted by Crippen LogP contribution is 2.26. The van der Waals surface area contributed by atoms with Gasteiger partial charge in [0.05, 0.1) is 11.9 Å². The van der Waals surface area contributed by atoms with E-state index in [1.807, 2.05) is 0 Å². The smallest absolute Gasteiger partial charge is 0.336 e. The van der Waals surface area contributed by atoms with Crippen LogP contribution in [-0.4, -0.2) is 9.97 Å². The topological polar surface area (TPSA) is 28.7 Å². The Hall–Kier alpha value is -1.07. The third kappa shape index (κ3) is 1.69. The van der Waals surface area contributed by atoms with Gasteiger partial charge in [0.25, 0.3) is 0 Å². The molecule has 0 bridgehead atoms. The number of H-pyrrole nitrogens is 1. The van der Waals surface area contributed by atoms with Crippen LogP contribution < -0.4 is 0 Å². The Labute approximate surface area is 59.3 Å². The Morgan fingerprint density at radius 2 is 2.09 bits per heavy atom. The molecule has 0 saturated carbocycles. The van der Waals surface area contributed by atoms with Crippen molar-refractivity contribution in [1.82, 2.24) is 9.97 Å². The van der Waals surface area contributed by atoms with E-state index in [9.17, 15) is 17.6 Å². The van der Waals surface area contributed by atoms with Crippen molar-refractivity contribution in [3.8, 4) is 0 Å². The second-order valence-electron chi connectivity index (χ2n) is 1.89. The molecule has 0 radical (unpaired) electrons. The number of rotatable bonds is 1. The third-order valence-corrected chi connectivity index (χ3v) is 1.04. The lowest BCUT2D eigenvalue weighted by Gasteiger charge is -1.99. The summed E-state index contributed by atoms with van der Waals surface area (Å²) in [5, 5.41) is 0. The number of halogens is 4. The molecule has 1 rings (SSSR count). The number of hydrogen-bond donors (Lipinski definition) is 1. The van der Waals surface area contributed by atoms with Crippen LogP contribution in [-0.2, 0) is 12.9 Å². The number of aromatic amines is 1. The van der Waals surface area contributed by atoms with Gasteiger partial charge < -0.3 is 4.98 Å². The molecule has 1 aromatic heterocycles. The fourth-order valence-corrected chi connectivity index (χ4v) is 0.571. The molecule has 6 heteroatoms. The molecule has 0 spiro atoms. The van der Waals surface area contributed by atoms with Crippen molar-refractivity contribution in [2.75, 3.05) is 0 Å². The Morgan fingerprint density at radius 3 is 2.36 bits per heavy atom. The van der Waals surface area contributed by atoms with Gasteiger partial charge in [-0.2, -0.15) is 13.2 Å². The molecule has 0 aromatic carbocycles. The van der Waals surface area contributed by atoms with Gasteiger partial charge in [0.2, 0.25) is 5.82 Å². The molecule has 2 nitrogen and oxygen atoms in total. The van der Waals surface area contributed by atoms with Gasteiger partial charge in [-0.15, -0.1) is 0 Å². The lowest BCUT2D eigenvalue weighted by molar-refractivity contribution is -0.144. The molecule has 1 aromatic rings. The van der Waals surface area contributed by atoms with Crippen LogP contribution in [0.25, 0.3) is 0 Å². The Morgan fingerprint density at radius 1 is 1.45 bits per heavy atom. The maximum atomic E-state index is 11.7. The molecule has 62 valence electrons. The molecule has 1 N–H and O–H groups in total. The summed E-state index contributed by atoms with van der Waals surface area (Å²) in [6, 6.07) is 0. The molecule has 11 heavy (non-hydrogen) atoms. The van der Waals surface area contributed by atoms with Crippen LogP contribution in [0.3, 0.4) is 0 Å². The average molecular weight is 168 g/mol. The van der Waals surface area contributed by atoms with E-state index in [1.165, 1.54) is 0 Å². The molecule has 0 unspecified atom stereocenters. The zero-order valence-electron chi connectivity index (χ0n) is 5.24. The van der Waals surface area contributed by atoms with E-state index in [0.717, 1.165) is 6.20 Å². The monoisotopic (exact) mass is 168 g/mol. The zero-order valence-corrected chi connectivity index (χ0v) is 5.24. The fraction of sp³-hybridized carbons (Fsp3) is 0.400. The van der Waals surface area contributed by atoms with Crippen molar-refractivity contribution in [3.05, 3.63) is 17.7 Å². The fourth-order valence-electron chi connectivity index (χ4n) is 0.571. The number of imidazole rings is 1. The first-order valence-corrected chi connectivity index (χ1v) is 2.71. The van der Waals surface area contributed by atoms with Crippen LogP contribution in [0.4, 0.5) is 17.6 Å². The second kappa shape index (κ2) is 2.52.